The average molecular weight is 334 g/mol. The molecule has 0 spiro atoms. The van der Waals surface area contributed by atoms with E-state index in [0.29, 0.717) is 12.6 Å². The Morgan fingerprint density at radius 2 is 2.04 bits per heavy atom. The standard InChI is InChI=1S/C18H27N3OS/c1-10-17(23-11(2)20-10)6-7-19-18(22)21-16-9-12-8-15(16)14-5-3-4-13(12)14/h12-16H,3-9H2,1-2H3,(H2,19,21,22)/t12-,13-,14-,15+,16-/m1/s1. The van der Waals surface area contributed by atoms with Gasteiger partial charge in [0, 0.05) is 23.9 Å². The van der Waals surface area contributed by atoms with Crippen LogP contribution in [0.3, 0.4) is 0 Å². The summed E-state index contributed by atoms with van der Waals surface area (Å²) in [6.45, 7) is 4.78. The first-order valence-corrected chi connectivity index (χ1v) is 9.90. The summed E-state index contributed by atoms with van der Waals surface area (Å²) in [5, 5.41) is 7.42. The first-order valence-electron chi connectivity index (χ1n) is 9.09. The molecule has 3 aliphatic carbocycles. The first kappa shape index (κ1) is 15.4. The molecule has 3 saturated carbocycles. The Morgan fingerprint density at radius 3 is 2.83 bits per heavy atom. The minimum atomic E-state index is 0.0241. The molecule has 2 amide bonds. The molecule has 2 N–H and O–H groups in total. The van der Waals surface area contributed by atoms with E-state index < -0.39 is 0 Å². The number of fused-ring (bicyclic) bond motifs is 5. The van der Waals surface area contributed by atoms with Crippen LogP contribution in [0.1, 0.15) is 47.7 Å². The van der Waals surface area contributed by atoms with Crippen molar-refractivity contribution in [2.75, 3.05) is 6.54 Å². The molecule has 0 aromatic carbocycles. The van der Waals surface area contributed by atoms with Crippen LogP contribution >= 0.6 is 11.3 Å². The zero-order chi connectivity index (χ0) is 16.0. The second kappa shape index (κ2) is 6.08. The second-order valence-corrected chi connectivity index (χ2v) is 8.94. The molecule has 23 heavy (non-hydrogen) atoms. The van der Waals surface area contributed by atoms with Gasteiger partial charge in [-0.2, -0.15) is 0 Å². The highest BCUT2D eigenvalue weighted by atomic mass is 32.1. The molecule has 5 atom stereocenters. The molecule has 0 radical (unpaired) electrons. The summed E-state index contributed by atoms with van der Waals surface area (Å²) in [6, 6.07) is 0.447. The molecule has 1 aromatic rings. The smallest absolute Gasteiger partial charge is 0.315 e. The third-order valence-corrected chi connectivity index (χ3v) is 7.52. The molecule has 1 heterocycles. The molecular weight excluding hydrogens is 306 g/mol. The summed E-state index contributed by atoms with van der Waals surface area (Å²) in [6.07, 6.45) is 7.71. The number of aryl methyl sites for hydroxylation is 2. The second-order valence-electron chi connectivity index (χ2n) is 7.65. The summed E-state index contributed by atoms with van der Waals surface area (Å²) in [5.74, 6) is 3.53. The third-order valence-electron chi connectivity index (χ3n) is 6.38. The van der Waals surface area contributed by atoms with Crippen molar-refractivity contribution in [3.63, 3.8) is 0 Å². The Balaban J connectivity index is 1.24. The molecule has 3 aliphatic rings. The van der Waals surface area contributed by atoms with Crippen LogP contribution < -0.4 is 10.6 Å². The molecule has 4 nitrogen and oxygen atoms in total. The Bertz CT molecular complexity index is 599. The summed E-state index contributed by atoms with van der Waals surface area (Å²) in [5.41, 5.74) is 1.11. The van der Waals surface area contributed by atoms with Gasteiger partial charge in [-0.1, -0.05) is 6.42 Å². The van der Waals surface area contributed by atoms with Gasteiger partial charge in [0.1, 0.15) is 0 Å². The van der Waals surface area contributed by atoms with Crippen LogP contribution in [-0.2, 0) is 6.42 Å². The highest BCUT2D eigenvalue weighted by Gasteiger charge is 2.53. The van der Waals surface area contributed by atoms with E-state index in [-0.39, 0.29) is 6.03 Å². The van der Waals surface area contributed by atoms with Crippen molar-refractivity contribution < 1.29 is 4.79 Å². The lowest BCUT2D eigenvalue weighted by molar-refractivity contribution is 0.198. The molecule has 2 bridgehead atoms. The summed E-state index contributed by atoms with van der Waals surface area (Å²) >= 11 is 1.74. The number of aromatic nitrogens is 1. The van der Waals surface area contributed by atoms with E-state index >= 15 is 0 Å². The van der Waals surface area contributed by atoms with Crippen LogP contribution in [0.2, 0.25) is 0 Å². The zero-order valence-corrected chi connectivity index (χ0v) is 14.9. The quantitative estimate of drug-likeness (QED) is 0.887. The SMILES string of the molecule is Cc1nc(C)c(CCNC(=O)N[C@@H]2C[C@H]3C[C@H]2[C@@H]2CCC[C@H]32)s1. The van der Waals surface area contributed by atoms with E-state index in [1.807, 2.05) is 13.8 Å². The van der Waals surface area contributed by atoms with E-state index in [4.69, 9.17) is 0 Å². The van der Waals surface area contributed by atoms with Gasteiger partial charge in [0.15, 0.2) is 0 Å². The van der Waals surface area contributed by atoms with Gasteiger partial charge in [-0.15, -0.1) is 11.3 Å². The van der Waals surface area contributed by atoms with Crippen LogP contribution in [0.4, 0.5) is 4.79 Å². The Hall–Kier alpha value is -1.10. The Morgan fingerprint density at radius 1 is 1.22 bits per heavy atom. The number of amides is 2. The lowest BCUT2D eigenvalue weighted by Crippen LogP contribution is -2.47. The van der Waals surface area contributed by atoms with Crippen LogP contribution in [0.25, 0.3) is 0 Å². The fourth-order valence-electron chi connectivity index (χ4n) is 5.55. The summed E-state index contributed by atoms with van der Waals surface area (Å²) in [4.78, 5) is 17.9. The number of nitrogens with one attached hydrogen (secondary N) is 2. The van der Waals surface area contributed by atoms with Gasteiger partial charge >= 0.3 is 6.03 Å². The lowest BCUT2D eigenvalue weighted by atomic mass is 9.79. The van der Waals surface area contributed by atoms with E-state index in [1.54, 1.807) is 11.3 Å². The number of urea groups is 1. The number of thiazole rings is 1. The fraction of sp³-hybridized carbons (Fsp3) is 0.778. The Labute approximate surface area is 142 Å². The predicted octanol–water partition coefficient (Wildman–Crippen LogP) is 3.43. The van der Waals surface area contributed by atoms with Crippen molar-refractivity contribution in [1.82, 2.24) is 15.6 Å². The van der Waals surface area contributed by atoms with Crippen LogP contribution in [-0.4, -0.2) is 23.6 Å². The van der Waals surface area contributed by atoms with Gasteiger partial charge in [-0.3, -0.25) is 0 Å². The van der Waals surface area contributed by atoms with Crippen molar-refractivity contribution in [2.24, 2.45) is 23.7 Å². The van der Waals surface area contributed by atoms with Gasteiger partial charge in [0.2, 0.25) is 0 Å². The zero-order valence-electron chi connectivity index (χ0n) is 14.1. The number of hydrogen-bond acceptors (Lipinski definition) is 3. The van der Waals surface area contributed by atoms with Crippen LogP contribution in [0, 0.1) is 37.5 Å². The largest absolute Gasteiger partial charge is 0.338 e. The first-order chi connectivity index (χ1) is 11.1. The maximum absolute atomic E-state index is 12.2. The number of rotatable bonds is 4. The van der Waals surface area contributed by atoms with E-state index in [2.05, 4.69) is 15.6 Å². The average Bonchev–Trinajstić information content (AvgIpc) is 3.21. The minimum absolute atomic E-state index is 0.0241. The number of carbonyl (C=O) groups is 1. The van der Waals surface area contributed by atoms with Crippen molar-refractivity contribution in [3.05, 3.63) is 15.6 Å². The molecule has 4 rings (SSSR count). The molecule has 0 saturated heterocycles. The van der Waals surface area contributed by atoms with Gasteiger partial charge in [0.05, 0.1) is 10.7 Å². The number of nitrogens with zero attached hydrogens (tertiary/aromatic N) is 1. The van der Waals surface area contributed by atoms with Crippen LogP contribution in [0.15, 0.2) is 0 Å². The normalized spacial score (nSPS) is 34.6. The summed E-state index contributed by atoms with van der Waals surface area (Å²) < 4.78 is 0. The number of carbonyl (C=O) groups excluding carboxylic acids is 1. The third kappa shape index (κ3) is 2.88. The van der Waals surface area contributed by atoms with E-state index in [9.17, 15) is 4.79 Å². The highest BCUT2D eigenvalue weighted by Crippen LogP contribution is 2.58. The highest BCUT2D eigenvalue weighted by molar-refractivity contribution is 7.11. The summed E-state index contributed by atoms with van der Waals surface area (Å²) in [7, 11) is 0. The van der Waals surface area contributed by atoms with Gasteiger partial charge in [-0.25, -0.2) is 9.78 Å². The van der Waals surface area contributed by atoms with Gasteiger partial charge in [0.25, 0.3) is 0 Å². The van der Waals surface area contributed by atoms with Gasteiger partial charge < -0.3 is 10.6 Å². The topological polar surface area (TPSA) is 54.0 Å². The van der Waals surface area contributed by atoms with E-state index in [1.165, 1.54) is 37.0 Å². The monoisotopic (exact) mass is 333 g/mol. The minimum Gasteiger partial charge on any atom is -0.338 e. The van der Waals surface area contributed by atoms with Crippen molar-refractivity contribution in [2.45, 2.75) is 58.4 Å². The fourth-order valence-corrected chi connectivity index (χ4v) is 6.49. The maximum atomic E-state index is 12.2. The molecule has 0 aliphatic heterocycles. The molecule has 126 valence electrons. The lowest BCUT2D eigenvalue weighted by Gasteiger charge is -2.32. The van der Waals surface area contributed by atoms with Gasteiger partial charge in [-0.05, 0) is 63.2 Å². The molecule has 5 heteroatoms. The number of hydrogen-bond donors (Lipinski definition) is 2. The van der Waals surface area contributed by atoms with E-state index in [0.717, 1.165) is 40.8 Å². The molecule has 1 aromatic heterocycles. The maximum Gasteiger partial charge on any atom is 0.315 e. The molecular formula is C18H27N3OS. The molecule has 0 unspecified atom stereocenters. The van der Waals surface area contributed by atoms with Crippen LogP contribution in [0.5, 0.6) is 0 Å². The predicted molar refractivity (Wildman–Crippen MR) is 92.7 cm³/mol. The van der Waals surface area contributed by atoms with Crippen molar-refractivity contribution in [3.8, 4) is 0 Å². The van der Waals surface area contributed by atoms with Crippen molar-refractivity contribution in [1.29, 1.82) is 0 Å². The van der Waals surface area contributed by atoms with Crippen molar-refractivity contribution >= 4 is 17.4 Å². The Kier molecular flexibility index (Phi) is 4.08. The molecule has 3 fully saturated rings.